The highest BCUT2D eigenvalue weighted by molar-refractivity contribution is 5.91. The van der Waals surface area contributed by atoms with Gasteiger partial charge in [0, 0.05) is 18.2 Å². The third-order valence-corrected chi connectivity index (χ3v) is 2.78. The third-order valence-electron chi connectivity index (χ3n) is 2.78. The van der Waals surface area contributed by atoms with Crippen molar-refractivity contribution in [2.45, 2.75) is 6.54 Å². The van der Waals surface area contributed by atoms with Crippen molar-refractivity contribution in [2.75, 3.05) is 0 Å². The standard InChI is InChI=1S/C16H12F3NO/c17-12-6-4-11(5-7-12)10-20-16(21)9-8-13-14(18)2-1-3-15(13)19/h1-9H,10H2,(H,20,21)/b9-8+. The Hall–Kier alpha value is -2.56. The van der Waals surface area contributed by atoms with Gasteiger partial charge in [0.15, 0.2) is 0 Å². The van der Waals surface area contributed by atoms with Crippen LogP contribution in [0.4, 0.5) is 13.2 Å². The maximum atomic E-state index is 13.3. The maximum Gasteiger partial charge on any atom is 0.244 e. The van der Waals surface area contributed by atoms with E-state index in [4.69, 9.17) is 0 Å². The van der Waals surface area contributed by atoms with Gasteiger partial charge in [-0.25, -0.2) is 13.2 Å². The van der Waals surface area contributed by atoms with Crippen molar-refractivity contribution >= 4 is 12.0 Å². The van der Waals surface area contributed by atoms with Gasteiger partial charge in [-0.1, -0.05) is 18.2 Å². The molecule has 0 atom stereocenters. The van der Waals surface area contributed by atoms with Gasteiger partial charge in [-0.05, 0) is 35.9 Å². The third kappa shape index (κ3) is 4.21. The van der Waals surface area contributed by atoms with Crippen molar-refractivity contribution in [1.82, 2.24) is 5.32 Å². The summed E-state index contributed by atoms with van der Waals surface area (Å²) in [4.78, 5) is 11.6. The van der Waals surface area contributed by atoms with Crippen LogP contribution >= 0.6 is 0 Å². The van der Waals surface area contributed by atoms with Gasteiger partial charge in [0.1, 0.15) is 17.5 Å². The molecular weight excluding hydrogens is 279 g/mol. The Morgan fingerprint density at radius 1 is 1.00 bits per heavy atom. The maximum absolute atomic E-state index is 13.3. The molecule has 5 heteroatoms. The molecule has 1 amide bonds. The summed E-state index contributed by atoms with van der Waals surface area (Å²) in [5.74, 6) is -2.34. The van der Waals surface area contributed by atoms with Crippen LogP contribution in [0.2, 0.25) is 0 Å². The molecule has 2 aromatic carbocycles. The quantitative estimate of drug-likeness (QED) is 0.859. The normalized spacial score (nSPS) is 10.8. The SMILES string of the molecule is O=C(/C=C/c1c(F)cccc1F)NCc1ccc(F)cc1. The largest absolute Gasteiger partial charge is 0.348 e. The van der Waals surface area contributed by atoms with Crippen molar-refractivity contribution in [3.8, 4) is 0 Å². The van der Waals surface area contributed by atoms with Crippen LogP contribution < -0.4 is 5.32 Å². The molecule has 21 heavy (non-hydrogen) atoms. The van der Waals surface area contributed by atoms with Gasteiger partial charge in [0.05, 0.1) is 0 Å². The van der Waals surface area contributed by atoms with Crippen molar-refractivity contribution < 1.29 is 18.0 Å². The molecular formula is C16H12F3NO. The second-order valence-electron chi connectivity index (χ2n) is 4.31. The van der Waals surface area contributed by atoms with Crippen molar-refractivity contribution in [3.63, 3.8) is 0 Å². The lowest BCUT2D eigenvalue weighted by atomic mass is 10.2. The van der Waals surface area contributed by atoms with E-state index in [-0.39, 0.29) is 17.9 Å². The summed E-state index contributed by atoms with van der Waals surface area (Å²) in [6.45, 7) is 0.198. The molecule has 0 fully saturated rings. The van der Waals surface area contributed by atoms with Crippen molar-refractivity contribution in [1.29, 1.82) is 0 Å². The summed E-state index contributed by atoms with van der Waals surface area (Å²) in [6.07, 6.45) is 2.12. The first-order valence-corrected chi connectivity index (χ1v) is 6.20. The summed E-state index contributed by atoms with van der Waals surface area (Å²) in [6, 6.07) is 9.11. The van der Waals surface area contributed by atoms with Gasteiger partial charge >= 0.3 is 0 Å². The van der Waals surface area contributed by atoms with E-state index >= 15 is 0 Å². The minimum Gasteiger partial charge on any atom is -0.348 e. The number of rotatable bonds is 4. The lowest BCUT2D eigenvalue weighted by Crippen LogP contribution is -2.20. The molecule has 0 unspecified atom stereocenters. The van der Waals surface area contributed by atoms with Gasteiger partial charge in [-0.2, -0.15) is 0 Å². The van der Waals surface area contributed by atoms with Crippen molar-refractivity contribution in [3.05, 3.63) is 77.1 Å². The molecule has 108 valence electrons. The summed E-state index contributed by atoms with van der Waals surface area (Å²) >= 11 is 0. The zero-order valence-electron chi connectivity index (χ0n) is 10.9. The van der Waals surface area contributed by atoms with Gasteiger partial charge in [-0.15, -0.1) is 0 Å². The number of hydrogen-bond donors (Lipinski definition) is 1. The smallest absolute Gasteiger partial charge is 0.244 e. The van der Waals surface area contributed by atoms with Gasteiger partial charge in [0.2, 0.25) is 5.91 Å². The molecule has 0 saturated carbocycles. The predicted molar refractivity (Wildman–Crippen MR) is 73.6 cm³/mol. The Labute approximate surface area is 119 Å². The fraction of sp³-hybridized carbons (Fsp3) is 0.0625. The van der Waals surface area contributed by atoms with E-state index in [0.29, 0.717) is 0 Å². The molecule has 0 bridgehead atoms. The highest BCUT2D eigenvalue weighted by atomic mass is 19.1. The highest BCUT2D eigenvalue weighted by Crippen LogP contribution is 2.13. The molecule has 2 aromatic rings. The molecule has 0 saturated heterocycles. The Kier molecular flexibility index (Phi) is 4.77. The molecule has 0 aliphatic heterocycles. The molecule has 0 spiro atoms. The molecule has 0 aliphatic carbocycles. The summed E-state index contributed by atoms with van der Waals surface area (Å²) in [7, 11) is 0. The van der Waals surface area contributed by atoms with E-state index in [1.807, 2.05) is 0 Å². The monoisotopic (exact) mass is 291 g/mol. The average molecular weight is 291 g/mol. The van der Waals surface area contributed by atoms with Crippen LogP contribution in [0, 0.1) is 17.5 Å². The van der Waals surface area contributed by atoms with Crippen LogP contribution in [0.5, 0.6) is 0 Å². The van der Waals surface area contributed by atoms with E-state index in [9.17, 15) is 18.0 Å². The Bertz CT molecular complexity index is 645. The molecule has 0 radical (unpaired) electrons. The number of benzene rings is 2. The second-order valence-corrected chi connectivity index (χ2v) is 4.31. The van der Waals surface area contributed by atoms with Gasteiger partial charge in [0.25, 0.3) is 0 Å². The first-order chi connectivity index (χ1) is 10.1. The fourth-order valence-electron chi connectivity index (χ4n) is 1.68. The lowest BCUT2D eigenvalue weighted by Gasteiger charge is -2.02. The van der Waals surface area contributed by atoms with Gasteiger partial charge in [-0.3, -0.25) is 4.79 Å². The van der Waals surface area contributed by atoms with Crippen LogP contribution in [0.25, 0.3) is 6.08 Å². The van der Waals surface area contributed by atoms with E-state index in [0.717, 1.165) is 29.8 Å². The zero-order valence-corrected chi connectivity index (χ0v) is 10.9. The molecule has 2 rings (SSSR count). The molecule has 0 heterocycles. The average Bonchev–Trinajstić information content (AvgIpc) is 2.46. The predicted octanol–water partition coefficient (Wildman–Crippen LogP) is 3.43. The first kappa shape index (κ1) is 14.8. The Morgan fingerprint density at radius 3 is 2.24 bits per heavy atom. The fourth-order valence-corrected chi connectivity index (χ4v) is 1.68. The summed E-state index contributed by atoms with van der Waals surface area (Å²) in [5, 5.41) is 2.53. The van der Waals surface area contributed by atoms with Crippen LogP contribution in [-0.4, -0.2) is 5.91 Å². The zero-order chi connectivity index (χ0) is 15.2. The van der Waals surface area contributed by atoms with E-state index in [1.165, 1.54) is 30.3 Å². The van der Waals surface area contributed by atoms with E-state index in [1.54, 1.807) is 0 Å². The van der Waals surface area contributed by atoms with Crippen LogP contribution in [0.3, 0.4) is 0 Å². The Morgan fingerprint density at radius 2 is 1.62 bits per heavy atom. The van der Waals surface area contributed by atoms with E-state index < -0.39 is 17.5 Å². The van der Waals surface area contributed by atoms with Crippen LogP contribution in [0.1, 0.15) is 11.1 Å². The number of amides is 1. The number of carbonyl (C=O) groups excluding carboxylic acids is 1. The molecule has 1 N–H and O–H groups in total. The minimum atomic E-state index is -0.738. The molecule has 2 nitrogen and oxygen atoms in total. The number of nitrogens with one attached hydrogen (secondary N) is 1. The molecule has 0 aliphatic rings. The van der Waals surface area contributed by atoms with Gasteiger partial charge < -0.3 is 5.32 Å². The lowest BCUT2D eigenvalue weighted by molar-refractivity contribution is -0.116. The number of halogens is 3. The summed E-state index contributed by atoms with van der Waals surface area (Å²) < 4.78 is 39.4. The van der Waals surface area contributed by atoms with Crippen molar-refractivity contribution in [2.24, 2.45) is 0 Å². The van der Waals surface area contributed by atoms with E-state index in [2.05, 4.69) is 5.32 Å². The number of carbonyl (C=O) groups is 1. The topological polar surface area (TPSA) is 29.1 Å². The van der Waals surface area contributed by atoms with Crippen LogP contribution in [0.15, 0.2) is 48.5 Å². The highest BCUT2D eigenvalue weighted by Gasteiger charge is 2.05. The number of hydrogen-bond acceptors (Lipinski definition) is 1. The summed E-state index contributed by atoms with van der Waals surface area (Å²) in [5.41, 5.74) is 0.449. The second kappa shape index (κ2) is 6.74. The van der Waals surface area contributed by atoms with Crippen LogP contribution in [-0.2, 0) is 11.3 Å². The first-order valence-electron chi connectivity index (χ1n) is 6.20. The molecule has 0 aromatic heterocycles. The Balaban J connectivity index is 1.95. The minimum absolute atomic E-state index is 0.198.